The smallest absolute Gasteiger partial charge is 0.332 e. The average Bonchev–Trinajstić information content (AvgIpc) is 2.40. The number of piperidine rings is 1. The summed E-state index contributed by atoms with van der Waals surface area (Å²) in [6, 6.07) is 0. The number of carbonyl (C=O) groups excluding carboxylic acids is 1. The van der Waals surface area contributed by atoms with Crippen LogP contribution in [0.25, 0.3) is 0 Å². The van der Waals surface area contributed by atoms with Gasteiger partial charge in [-0.3, -0.25) is 10.2 Å². The fraction of sp³-hybridized carbons (Fsp3) is 0.692. The number of hydrogen-bond acceptors (Lipinski definition) is 3. The number of carboxylic acid groups (broad SMARTS) is 1. The van der Waals surface area contributed by atoms with Gasteiger partial charge in [0.1, 0.15) is 0 Å². The van der Waals surface area contributed by atoms with E-state index in [9.17, 15) is 9.59 Å². The van der Waals surface area contributed by atoms with Crippen molar-refractivity contribution in [3.63, 3.8) is 0 Å². The van der Waals surface area contributed by atoms with Gasteiger partial charge in [0.05, 0.1) is 0 Å². The van der Waals surface area contributed by atoms with Crippen LogP contribution in [0.4, 0.5) is 0 Å². The molecule has 0 bridgehead atoms. The minimum atomic E-state index is -0.946. The maximum atomic E-state index is 12.1. The van der Waals surface area contributed by atoms with Gasteiger partial charge in [-0.15, -0.1) is 0 Å². The summed E-state index contributed by atoms with van der Waals surface area (Å²) in [5.41, 5.74) is 3.62. The Kier molecular flexibility index (Phi) is 4.36. The summed E-state index contributed by atoms with van der Waals surface area (Å²) in [4.78, 5) is 23.2. The van der Waals surface area contributed by atoms with Gasteiger partial charge in [-0.25, -0.2) is 9.80 Å². The molecule has 1 aliphatic carbocycles. The monoisotopic (exact) mass is 252 g/mol. The van der Waals surface area contributed by atoms with Gasteiger partial charge in [0.25, 0.3) is 5.91 Å². The van der Waals surface area contributed by atoms with Crippen molar-refractivity contribution in [3.05, 3.63) is 11.1 Å². The Labute approximate surface area is 107 Å². The van der Waals surface area contributed by atoms with Crippen LogP contribution in [0.1, 0.15) is 44.9 Å². The molecule has 5 heteroatoms. The van der Waals surface area contributed by atoms with Gasteiger partial charge in [0, 0.05) is 24.2 Å². The van der Waals surface area contributed by atoms with E-state index < -0.39 is 5.97 Å². The minimum Gasteiger partial charge on any atom is -0.478 e. The summed E-state index contributed by atoms with van der Waals surface area (Å²) in [6.07, 6.45) is 6.24. The zero-order valence-corrected chi connectivity index (χ0v) is 10.6. The highest BCUT2D eigenvalue weighted by molar-refractivity contribution is 6.02. The summed E-state index contributed by atoms with van der Waals surface area (Å²) < 4.78 is 0. The summed E-state index contributed by atoms with van der Waals surface area (Å²) in [5, 5.41) is 11.0. The van der Waals surface area contributed by atoms with Crippen molar-refractivity contribution in [2.45, 2.75) is 44.9 Å². The number of amides is 1. The molecular weight excluding hydrogens is 232 g/mol. The van der Waals surface area contributed by atoms with Gasteiger partial charge in [-0.05, 0) is 38.5 Å². The first-order chi connectivity index (χ1) is 8.68. The molecule has 0 aromatic rings. The normalized spacial score (nSPS) is 21.8. The molecule has 0 aromatic heterocycles. The van der Waals surface area contributed by atoms with Crippen molar-refractivity contribution in [1.29, 1.82) is 0 Å². The second kappa shape index (κ2) is 6.00. The third-order valence-corrected chi connectivity index (χ3v) is 3.62. The average molecular weight is 252 g/mol. The highest BCUT2D eigenvalue weighted by Crippen LogP contribution is 2.25. The number of carbonyl (C=O) groups is 2. The second-order valence-electron chi connectivity index (χ2n) is 4.96. The molecule has 0 spiro atoms. The molecule has 2 N–H and O–H groups in total. The SMILES string of the molecule is O=C(O)C1=C(C(=O)NN2CCCCC2)CCCC1. The Balaban J connectivity index is 2.03. The number of nitrogens with zero attached hydrogens (tertiary/aromatic N) is 1. The molecule has 2 rings (SSSR count). The van der Waals surface area contributed by atoms with E-state index in [-0.39, 0.29) is 5.91 Å². The van der Waals surface area contributed by atoms with E-state index in [4.69, 9.17) is 5.11 Å². The second-order valence-corrected chi connectivity index (χ2v) is 4.96. The van der Waals surface area contributed by atoms with Crippen LogP contribution in [-0.4, -0.2) is 35.1 Å². The molecule has 0 atom stereocenters. The van der Waals surface area contributed by atoms with E-state index in [2.05, 4.69) is 5.43 Å². The number of nitrogens with one attached hydrogen (secondary N) is 1. The predicted octanol–water partition coefficient (Wildman–Crippen LogP) is 1.46. The van der Waals surface area contributed by atoms with Crippen molar-refractivity contribution in [3.8, 4) is 0 Å². The molecule has 1 heterocycles. The molecule has 1 fully saturated rings. The minimum absolute atomic E-state index is 0.214. The van der Waals surface area contributed by atoms with E-state index in [0.29, 0.717) is 24.0 Å². The third-order valence-electron chi connectivity index (χ3n) is 3.62. The molecule has 100 valence electrons. The van der Waals surface area contributed by atoms with Gasteiger partial charge >= 0.3 is 5.97 Å². The zero-order chi connectivity index (χ0) is 13.0. The number of rotatable bonds is 3. The van der Waals surface area contributed by atoms with Crippen LogP contribution in [0.3, 0.4) is 0 Å². The lowest BCUT2D eigenvalue weighted by Crippen LogP contribution is -2.46. The van der Waals surface area contributed by atoms with Crippen LogP contribution in [-0.2, 0) is 9.59 Å². The van der Waals surface area contributed by atoms with E-state index in [0.717, 1.165) is 38.8 Å². The number of hydrogen-bond donors (Lipinski definition) is 2. The fourth-order valence-electron chi connectivity index (χ4n) is 2.61. The maximum Gasteiger partial charge on any atom is 0.332 e. The molecule has 0 saturated carbocycles. The molecule has 5 nitrogen and oxygen atoms in total. The largest absolute Gasteiger partial charge is 0.478 e. The summed E-state index contributed by atoms with van der Waals surface area (Å²) >= 11 is 0. The van der Waals surface area contributed by atoms with Crippen LogP contribution < -0.4 is 5.43 Å². The van der Waals surface area contributed by atoms with Crippen LogP contribution >= 0.6 is 0 Å². The van der Waals surface area contributed by atoms with Crippen molar-refractivity contribution in [2.24, 2.45) is 0 Å². The highest BCUT2D eigenvalue weighted by Gasteiger charge is 2.24. The lowest BCUT2D eigenvalue weighted by Gasteiger charge is -2.28. The first-order valence-corrected chi connectivity index (χ1v) is 6.70. The van der Waals surface area contributed by atoms with Gasteiger partial charge in [0.15, 0.2) is 0 Å². The molecule has 1 aliphatic heterocycles. The highest BCUT2D eigenvalue weighted by atomic mass is 16.4. The lowest BCUT2D eigenvalue weighted by molar-refractivity contribution is -0.133. The number of hydrazine groups is 1. The van der Waals surface area contributed by atoms with E-state index in [1.54, 1.807) is 0 Å². The molecule has 0 aromatic carbocycles. The third kappa shape index (κ3) is 3.10. The Morgan fingerprint density at radius 1 is 0.944 bits per heavy atom. The topological polar surface area (TPSA) is 69.6 Å². The molecule has 0 radical (unpaired) electrons. The van der Waals surface area contributed by atoms with Crippen molar-refractivity contribution < 1.29 is 14.7 Å². The summed E-state index contributed by atoms with van der Waals surface area (Å²) in [6.45, 7) is 1.73. The van der Waals surface area contributed by atoms with Crippen molar-refractivity contribution in [2.75, 3.05) is 13.1 Å². The Morgan fingerprint density at radius 2 is 1.56 bits per heavy atom. The van der Waals surface area contributed by atoms with Gasteiger partial charge in [-0.1, -0.05) is 6.42 Å². The number of aliphatic carboxylic acids is 1. The van der Waals surface area contributed by atoms with Crippen LogP contribution in [0.2, 0.25) is 0 Å². The van der Waals surface area contributed by atoms with Crippen molar-refractivity contribution >= 4 is 11.9 Å². The maximum absolute atomic E-state index is 12.1. The van der Waals surface area contributed by atoms with Crippen LogP contribution in [0.15, 0.2) is 11.1 Å². The molecule has 1 saturated heterocycles. The zero-order valence-electron chi connectivity index (χ0n) is 10.6. The standard InChI is InChI=1S/C13H20N2O3/c16-12(14-15-8-4-1-5-9-15)10-6-2-3-7-11(10)13(17)18/h1-9H2,(H,14,16)(H,17,18). The molecule has 0 unspecified atom stereocenters. The van der Waals surface area contributed by atoms with Crippen molar-refractivity contribution in [1.82, 2.24) is 10.4 Å². The first-order valence-electron chi connectivity index (χ1n) is 6.70. The van der Waals surface area contributed by atoms with Crippen LogP contribution in [0.5, 0.6) is 0 Å². The first kappa shape index (κ1) is 13.1. The molecular formula is C13H20N2O3. The number of carboxylic acids is 1. The fourth-order valence-corrected chi connectivity index (χ4v) is 2.61. The summed E-state index contributed by atoms with van der Waals surface area (Å²) in [7, 11) is 0. The van der Waals surface area contributed by atoms with E-state index in [1.807, 2.05) is 5.01 Å². The molecule has 1 amide bonds. The Hall–Kier alpha value is -1.36. The van der Waals surface area contributed by atoms with Gasteiger partial charge in [-0.2, -0.15) is 0 Å². The molecule has 18 heavy (non-hydrogen) atoms. The van der Waals surface area contributed by atoms with E-state index in [1.165, 1.54) is 6.42 Å². The predicted molar refractivity (Wildman–Crippen MR) is 66.7 cm³/mol. The van der Waals surface area contributed by atoms with Gasteiger partial charge < -0.3 is 5.11 Å². The van der Waals surface area contributed by atoms with Crippen LogP contribution in [0, 0.1) is 0 Å². The summed E-state index contributed by atoms with van der Waals surface area (Å²) in [5.74, 6) is -1.16. The Morgan fingerprint density at radius 3 is 2.17 bits per heavy atom. The quantitative estimate of drug-likeness (QED) is 0.797. The van der Waals surface area contributed by atoms with Gasteiger partial charge in [0.2, 0.25) is 0 Å². The Bertz CT molecular complexity index is 370. The van der Waals surface area contributed by atoms with E-state index >= 15 is 0 Å². The molecule has 2 aliphatic rings. The lowest BCUT2D eigenvalue weighted by atomic mass is 9.91.